The Labute approximate surface area is 210 Å². The second-order valence-electron chi connectivity index (χ2n) is 8.48. The summed E-state index contributed by atoms with van der Waals surface area (Å²) in [6, 6.07) is 45.5. The number of hydrogen-bond acceptors (Lipinski definition) is 1. The molecule has 4 heteroatoms. The summed E-state index contributed by atoms with van der Waals surface area (Å²) < 4.78 is 12.1. The van der Waals surface area contributed by atoms with Crippen molar-refractivity contribution >= 4 is 34.4 Å². The Morgan fingerprint density at radius 1 is 0.444 bits per heavy atom. The van der Waals surface area contributed by atoms with Gasteiger partial charge in [0.15, 0.2) is 0 Å². The van der Waals surface area contributed by atoms with Crippen LogP contribution in [0.15, 0.2) is 140 Å². The number of rotatable bonds is 3. The zero-order chi connectivity index (χ0) is 25.0. The molecule has 36 heavy (non-hydrogen) atoms. The van der Waals surface area contributed by atoms with Crippen molar-refractivity contribution in [1.29, 1.82) is 0 Å². The SMILES string of the molecule is O=P(O)(O)c1ccc2ccccc2c1-c1cccc2ccccc12.c1ccc(-c2ccccc2)cc1. The Morgan fingerprint density at radius 3 is 1.50 bits per heavy atom. The van der Waals surface area contributed by atoms with E-state index >= 15 is 0 Å². The summed E-state index contributed by atoms with van der Waals surface area (Å²) in [5.74, 6) is 0. The van der Waals surface area contributed by atoms with Gasteiger partial charge in [-0.1, -0.05) is 133 Å². The molecular weight excluding hydrogens is 463 g/mol. The van der Waals surface area contributed by atoms with E-state index in [1.54, 1.807) is 12.1 Å². The van der Waals surface area contributed by atoms with Crippen molar-refractivity contribution in [3.8, 4) is 22.3 Å². The molecule has 0 saturated carbocycles. The second-order valence-corrected chi connectivity index (χ2v) is 10.1. The van der Waals surface area contributed by atoms with E-state index in [-0.39, 0.29) is 5.30 Å². The average molecular weight is 489 g/mol. The zero-order valence-electron chi connectivity index (χ0n) is 19.5. The maximum absolute atomic E-state index is 12.1. The van der Waals surface area contributed by atoms with E-state index in [0.717, 1.165) is 27.1 Å². The van der Waals surface area contributed by atoms with Crippen molar-refractivity contribution in [2.75, 3.05) is 0 Å². The van der Waals surface area contributed by atoms with Gasteiger partial charge >= 0.3 is 7.60 Å². The molecule has 2 N–H and O–H groups in total. The molecule has 176 valence electrons. The smallest absolute Gasteiger partial charge is 0.321 e. The lowest BCUT2D eigenvalue weighted by Crippen LogP contribution is -2.08. The van der Waals surface area contributed by atoms with E-state index < -0.39 is 7.60 Å². The molecule has 0 bridgehead atoms. The molecule has 0 aliphatic heterocycles. The average Bonchev–Trinajstić information content (AvgIpc) is 2.93. The summed E-state index contributed by atoms with van der Waals surface area (Å²) in [6.45, 7) is 0. The van der Waals surface area contributed by atoms with Gasteiger partial charge in [-0.05, 0) is 44.3 Å². The first-order valence-corrected chi connectivity index (χ1v) is 13.3. The number of benzene rings is 6. The van der Waals surface area contributed by atoms with Crippen molar-refractivity contribution < 1.29 is 14.4 Å². The van der Waals surface area contributed by atoms with Gasteiger partial charge in [0.2, 0.25) is 0 Å². The Morgan fingerprint density at radius 2 is 0.917 bits per heavy atom. The van der Waals surface area contributed by atoms with Crippen LogP contribution in [0.5, 0.6) is 0 Å². The fourth-order valence-electron chi connectivity index (χ4n) is 4.49. The van der Waals surface area contributed by atoms with Crippen LogP contribution in [0, 0.1) is 0 Å². The van der Waals surface area contributed by atoms with E-state index in [4.69, 9.17) is 0 Å². The Hall–Kier alpha value is -4.01. The highest BCUT2D eigenvalue weighted by molar-refractivity contribution is 7.60. The van der Waals surface area contributed by atoms with Gasteiger partial charge in [-0.3, -0.25) is 4.57 Å². The second kappa shape index (κ2) is 10.3. The maximum Gasteiger partial charge on any atom is 0.356 e. The normalized spacial score (nSPS) is 11.2. The molecule has 0 spiro atoms. The van der Waals surface area contributed by atoms with Crippen molar-refractivity contribution in [2.24, 2.45) is 0 Å². The van der Waals surface area contributed by atoms with E-state index in [1.807, 2.05) is 78.9 Å². The molecule has 0 aromatic heterocycles. The van der Waals surface area contributed by atoms with Crippen molar-refractivity contribution in [2.45, 2.75) is 0 Å². The highest BCUT2D eigenvalue weighted by Crippen LogP contribution is 2.42. The quantitative estimate of drug-likeness (QED) is 0.250. The van der Waals surface area contributed by atoms with Crippen LogP contribution in [0.1, 0.15) is 0 Å². The summed E-state index contributed by atoms with van der Waals surface area (Å²) in [5, 5.41) is 3.88. The van der Waals surface area contributed by atoms with Crippen LogP contribution in [0.2, 0.25) is 0 Å². The molecule has 6 aromatic rings. The Balaban J connectivity index is 0.000000186. The van der Waals surface area contributed by atoms with Gasteiger partial charge in [0.05, 0.1) is 5.30 Å². The van der Waals surface area contributed by atoms with E-state index in [2.05, 4.69) is 48.5 Å². The predicted octanol–water partition coefficient (Wildman–Crippen LogP) is 7.82. The van der Waals surface area contributed by atoms with Gasteiger partial charge in [0.1, 0.15) is 0 Å². The minimum atomic E-state index is -4.40. The largest absolute Gasteiger partial charge is 0.356 e. The van der Waals surface area contributed by atoms with Gasteiger partial charge in [-0.25, -0.2) is 0 Å². The first kappa shape index (κ1) is 23.7. The van der Waals surface area contributed by atoms with Crippen LogP contribution < -0.4 is 5.30 Å². The molecule has 6 rings (SSSR count). The lowest BCUT2D eigenvalue weighted by molar-refractivity contribution is 0.387. The Bertz CT molecular complexity index is 1630. The summed E-state index contributed by atoms with van der Waals surface area (Å²) in [6.07, 6.45) is 0. The molecule has 0 fully saturated rings. The third kappa shape index (κ3) is 5.00. The van der Waals surface area contributed by atoms with E-state index in [9.17, 15) is 14.4 Å². The van der Waals surface area contributed by atoms with E-state index in [0.29, 0.717) is 5.56 Å². The molecule has 3 nitrogen and oxygen atoms in total. The highest BCUT2D eigenvalue weighted by Gasteiger charge is 2.24. The minimum Gasteiger partial charge on any atom is -0.321 e. The minimum absolute atomic E-state index is 0.0672. The molecule has 0 unspecified atom stereocenters. The molecule has 0 aliphatic carbocycles. The van der Waals surface area contributed by atoms with Crippen molar-refractivity contribution in [3.05, 3.63) is 140 Å². The fourth-order valence-corrected chi connectivity index (χ4v) is 5.29. The first-order valence-electron chi connectivity index (χ1n) is 11.7. The van der Waals surface area contributed by atoms with Crippen LogP contribution in [0.25, 0.3) is 43.8 Å². The molecule has 6 aromatic carbocycles. The standard InChI is InChI=1S/C20H15O3P.C12H10/c21-24(22,23)19-13-12-15-7-2-4-10-17(15)20(19)18-11-5-8-14-6-1-3-9-16(14)18;1-3-7-11(8-4-1)12-9-5-2-6-10-12/h1-13H,(H2,21,22,23);1-10H. The summed E-state index contributed by atoms with van der Waals surface area (Å²) in [7, 11) is -4.40. The first-order chi connectivity index (χ1) is 17.5. The van der Waals surface area contributed by atoms with Crippen molar-refractivity contribution in [3.63, 3.8) is 0 Å². The van der Waals surface area contributed by atoms with Crippen LogP contribution >= 0.6 is 7.60 Å². The Kier molecular flexibility index (Phi) is 6.79. The van der Waals surface area contributed by atoms with Crippen LogP contribution in [-0.2, 0) is 4.57 Å². The predicted molar refractivity (Wildman–Crippen MR) is 150 cm³/mol. The van der Waals surface area contributed by atoms with Gasteiger partial charge in [-0.2, -0.15) is 0 Å². The third-order valence-corrected chi connectivity index (χ3v) is 7.16. The van der Waals surface area contributed by atoms with Crippen molar-refractivity contribution in [1.82, 2.24) is 0 Å². The van der Waals surface area contributed by atoms with Gasteiger partial charge < -0.3 is 9.79 Å². The number of hydrogen-bond donors (Lipinski definition) is 2. The monoisotopic (exact) mass is 488 g/mol. The molecular formula is C32H25O3P. The maximum atomic E-state index is 12.1. The fraction of sp³-hybridized carbons (Fsp3) is 0. The molecule has 0 aliphatic rings. The zero-order valence-corrected chi connectivity index (χ0v) is 20.4. The van der Waals surface area contributed by atoms with Crippen LogP contribution in [0.3, 0.4) is 0 Å². The lowest BCUT2D eigenvalue weighted by Gasteiger charge is -2.16. The van der Waals surface area contributed by atoms with Gasteiger partial charge in [0, 0.05) is 5.56 Å². The van der Waals surface area contributed by atoms with Crippen LogP contribution in [-0.4, -0.2) is 9.79 Å². The summed E-state index contributed by atoms with van der Waals surface area (Å²) in [5.41, 5.74) is 4.00. The molecule has 0 heterocycles. The molecule has 0 amide bonds. The van der Waals surface area contributed by atoms with Gasteiger partial charge in [-0.15, -0.1) is 0 Å². The highest BCUT2D eigenvalue weighted by atomic mass is 31.2. The molecule has 0 saturated heterocycles. The molecule has 0 atom stereocenters. The van der Waals surface area contributed by atoms with E-state index in [1.165, 1.54) is 11.1 Å². The van der Waals surface area contributed by atoms with Crippen LogP contribution in [0.4, 0.5) is 0 Å². The topological polar surface area (TPSA) is 57.5 Å². The molecule has 0 radical (unpaired) electrons. The number of fused-ring (bicyclic) bond motifs is 2. The summed E-state index contributed by atoms with van der Waals surface area (Å²) >= 11 is 0. The lowest BCUT2D eigenvalue weighted by atomic mass is 9.94. The third-order valence-electron chi connectivity index (χ3n) is 6.16. The summed E-state index contributed by atoms with van der Waals surface area (Å²) in [4.78, 5) is 19.7. The van der Waals surface area contributed by atoms with Gasteiger partial charge in [0.25, 0.3) is 0 Å².